The number of piperidine rings is 1. The number of aliphatic hydroxyl groups is 1. The van der Waals surface area contributed by atoms with Crippen LogP contribution in [0.4, 0.5) is 0 Å². The Morgan fingerprint density at radius 3 is 2.44 bits per heavy atom. The first-order chi connectivity index (χ1) is 11.1. The summed E-state index contributed by atoms with van der Waals surface area (Å²) in [5.74, 6) is 0.705. The van der Waals surface area contributed by atoms with Gasteiger partial charge in [-0.05, 0) is 62.4 Å². The van der Waals surface area contributed by atoms with Gasteiger partial charge in [-0.1, -0.05) is 36.6 Å². The first-order valence-electron chi connectivity index (χ1n) is 9.05. The second kappa shape index (κ2) is 11.0. The molecular formula is C19H31Cl3N2O. The molecule has 1 aromatic carbocycles. The van der Waals surface area contributed by atoms with Crippen molar-refractivity contribution in [3.8, 4) is 0 Å². The van der Waals surface area contributed by atoms with E-state index in [2.05, 4.69) is 17.0 Å². The SMILES string of the molecule is Cl.Cl.NC1CCN(CC(c2cccc(Cl)c2)C2CCCCC2O)CC1. The minimum Gasteiger partial charge on any atom is -0.393 e. The summed E-state index contributed by atoms with van der Waals surface area (Å²) in [5, 5.41) is 11.4. The number of aliphatic hydroxyl groups excluding tert-OH is 1. The first kappa shape index (κ1) is 23.0. The fraction of sp³-hybridized carbons (Fsp3) is 0.684. The second-order valence-electron chi connectivity index (χ2n) is 7.32. The molecule has 25 heavy (non-hydrogen) atoms. The lowest BCUT2D eigenvalue weighted by molar-refractivity contribution is 0.0435. The number of nitrogens with zero attached hydrogens (tertiary/aromatic N) is 1. The molecule has 1 saturated heterocycles. The Labute approximate surface area is 169 Å². The summed E-state index contributed by atoms with van der Waals surface area (Å²) in [5.41, 5.74) is 7.32. The summed E-state index contributed by atoms with van der Waals surface area (Å²) < 4.78 is 0. The number of halogens is 3. The van der Waals surface area contributed by atoms with E-state index in [-0.39, 0.29) is 30.9 Å². The number of likely N-dealkylation sites (tertiary alicyclic amines) is 1. The van der Waals surface area contributed by atoms with Gasteiger partial charge in [0.25, 0.3) is 0 Å². The molecule has 0 bridgehead atoms. The molecule has 2 aliphatic rings. The van der Waals surface area contributed by atoms with Gasteiger partial charge in [0.2, 0.25) is 0 Å². The molecule has 0 amide bonds. The molecule has 3 rings (SSSR count). The highest BCUT2D eigenvalue weighted by atomic mass is 35.5. The maximum Gasteiger partial charge on any atom is 0.0574 e. The van der Waals surface area contributed by atoms with Crippen LogP contribution < -0.4 is 5.73 Å². The van der Waals surface area contributed by atoms with Crippen LogP contribution >= 0.6 is 36.4 Å². The molecule has 144 valence electrons. The number of hydrogen-bond donors (Lipinski definition) is 2. The molecule has 0 aromatic heterocycles. The van der Waals surface area contributed by atoms with E-state index in [1.807, 2.05) is 12.1 Å². The fourth-order valence-electron chi connectivity index (χ4n) is 4.25. The molecule has 1 saturated carbocycles. The Bertz CT molecular complexity index is 509. The summed E-state index contributed by atoms with van der Waals surface area (Å²) in [7, 11) is 0. The van der Waals surface area contributed by atoms with Crippen LogP contribution in [-0.2, 0) is 0 Å². The van der Waals surface area contributed by atoms with E-state index in [1.54, 1.807) is 0 Å². The third-order valence-corrected chi connectivity index (χ3v) is 5.90. The highest BCUT2D eigenvalue weighted by Crippen LogP contribution is 2.38. The normalized spacial score (nSPS) is 26.4. The Morgan fingerprint density at radius 2 is 1.80 bits per heavy atom. The summed E-state index contributed by atoms with van der Waals surface area (Å²) in [6, 6.07) is 8.58. The zero-order chi connectivity index (χ0) is 16.2. The maximum atomic E-state index is 10.6. The van der Waals surface area contributed by atoms with Crippen LogP contribution in [0.5, 0.6) is 0 Å². The van der Waals surface area contributed by atoms with Gasteiger partial charge >= 0.3 is 0 Å². The van der Waals surface area contributed by atoms with Gasteiger partial charge in [-0.3, -0.25) is 0 Å². The molecule has 0 spiro atoms. The predicted molar refractivity (Wildman–Crippen MR) is 110 cm³/mol. The molecule has 1 heterocycles. The molecule has 0 radical (unpaired) electrons. The molecule has 1 aliphatic carbocycles. The Balaban J connectivity index is 0.00000156. The lowest BCUT2D eigenvalue weighted by Gasteiger charge is -2.39. The Morgan fingerprint density at radius 1 is 1.12 bits per heavy atom. The van der Waals surface area contributed by atoms with E-state index in [1.165, 1.54) is 12.0 Å². The van der Waals surface area contributed by atoms with Crippen LogP contribution in [0.15, 0.2) is 24.3 Å². The van der Waals surface area contributed by atoms with Gasteiger partial charge in [-0.25, -0.2) is 0 Å². The zero-order valence-electron chi connectivity index (χ0n) is 14.6. The average molecular weight is 410 g/mol. The minimum atomic E-state index is -0.181. The van der Waals surface area contributed by atoms with E-state index >= 15 is 0 Å². The lowest BCUT2D eigenvalue weighted by atomic mass is 9.74. The molecular weight excluding hydrogens is 379 g/mol. The van der Waals surface area contributed by atoms with Gasteiger partial charge in [0, 0.05) is 23.5 Å². The number of nitrogens with two attached hydrogens (primary N) is 1. The predicted octanol–water partition coefficient (Wildman–Crippen LogP) is 4.24. The fourth-order valence-corrected chi connectivity index (χ4v) is 4.45. The van der Waals surface area contributed by atoms with E-state index in [0.29, 0.717) is 17.9 Å². The van der Waals surface area contributed by atoms with Crippen LogP contribution in [0.2, 0.25) is 5.02 Å². The summed E-state index contributed by atoms with van der Waals surface area (Å²) >= 11 is 6.23. The lowest BCUT2D eigenvalue weighted by Crippen LogP contribution is -2.43. The monoisotopic (exact) mass is 408 g/mol. The van der Waals surface area contributed by atoms with Crippen LogP contribution in [-0.4, -0.2) is 41.8 Å². The van der Waals surface area contributed by atoms with Crippen molar-refractivity contribution in [2.24, 2.45) is 11.7 Å². The largest absolute Gasteiger partial charge is 0.393 e. The van der Waals surface area contributed by atoms with Gasteiger partial charge in [-0.15, -0.1) is 24.8 Å². The molecule has 3 nitrogen and oxygen atoms in total. The van der Waals surface area contributed by atoms with Crippen LogP contribution in [0.1, 0.15) is 50.0 Å². The smallest absolute Gasteiger partial charge is 0.0574 e. The van der Waals surface area contributed by atoms with Gasteiger partial charge in [-0.2, -0.15) is 0 Å². The average Bonchev–Trinajstić information content (AvgIpc) is 2.55. The van der Waals surface area contributed by atoms with Crippen molar-refractivity contribution >= 4 is 36.4 Å². The maximum absolute atomic E-state index is 10.6. The van der Waals surface area contributed by atoms with E-state index in [4.69, 9.17) is 17.3 Å². The van der Waals surface area contributed by atoms with Crippen molar-refractivity contribution in [2.75, 3.05) is 19.6 Å². The van der Waals surface area contributed by atoms with Gasteiger partial charge < -0.3 is 15.7 Å². The highest BCUT2D eigenvalue weighted by Gasteiger charge is 2.33. The van der Waals surface area contributed by atoms with Gasteiger partial charge in [0.15, 0.2) is 0 Å². The molecule has 3 atom stereocenters. The van der Waals surface area contributed by atoms with Crippen LogP contribution in [0, 0.1) is 5.92 Å². The second-order valence-corrected chi connectivity index (χ2v) is 7.75. The molecule has 3 unspecified atom stereocenters. The Hall–Kier alpha value is -0.0300. The van der Waals surface area contributed by atoms with E-state index in [9.17, 15) is 5.11 Å². The van der Waals surface area contributed by atoms with Crippen molar-refractivity contribution in [2.45, 2.75) is 56.6 Å². The Kier molecular flexibility index (Phi) is 10.1. The van der Waals surface area contributed by atoms with Gasteiger partial charge in [0.05, 0.1) is 6.10 Å². The minimum absolute atomic E-state index is 0. The highest BCUT2D eigenvalue weighted by molar-refractivity contribution is 6.30. The van der Waals surface area contributed by atoms with Gasteiger partial charge in [0.1, 0.15) is 0 Å². The molecule has 3 N–H and O–H groups in total. The first-order valence-corrected chi connectivity index (χ1v) is 9.43. The molecule has 1 aliphatic heterocycles. The molecule has 2 fully saturated rings. The van der Waals surface area contributed by atoms with Crippen LogP contribution in [0.3, 0.4) is 0 Å². The van der Waals surface area contributed by atoms with E-state index in [0.717, 1.165) is 56.8 Å². The van der Waals surface area contributed by atoms with Crippen molar-refractivity contribution < 1.29 is 5.11 Å². The van der Waals surface area contributed by atoms with E-state index < -0.39 is 0 Å². The quantitative estimate of drug-likeness (QED) is 0.782. The number of rotatable bonds is 4. The number of hydrogen-bond acceptors (Lipinski definition) is 3. The molecule has 1 aromatic rings. The standard InChI is InChI=1S/C19H29ClN2O.2ClH/c20-15-5-3-4-14(12-15)18(17-6-1-2-7-19(17)23)13-22-10-8-16(21)9-11-22;;/h3-5,12,16-19,23H,1-2,6-11,13,21H2;2*1H. The third-order valence-electron chi connectivity index (χ3n) is 5.66. The molecule has 6 heteroatoms. The van der Waals surface area contributed by atoms with Crippen molar-refractivity contribution in [1.29, 1.82) is 0 Å². The number of benzene rings is 1. The topological polar surface area (TPSA) is 49.5 Å². The zero-order valence-corrected chi connectivity index (χ0v) is 17.0. The van der Waals surface area contributed by atoms with Crippen molar-refractivity contribution in [3.63, 3.8) is 0 Å². The van der Waals surface area contributed by atoms with Crippen molar-refractivity contribution in [3.05, 3.63) is 34.9 Å². The van der Waals surface area contributed by atoms with Crippen LogP contribution in [0.25, 0.3) is 0 Å². The summed E-state index contributed by atoms with van der Waals surface area (Å²) in [6.45, 7) is 3.15. The summed E-state index contributed by atoms with van der Waals surface area (Å²) in [6.07, 6.45) is 6.41. The summed E-state index contributed by atoms with van der Waals surface area (Å²) in [4.78, 5) is 2.52. The van der Waals surface area contributed by atoms with Crippen molar-refractivity contribution in [1.82, 2.24) is 4.90 Å². The third kappa shape index (κ3) is 6.27.